The minimum absolute atomic E-state index is 0.0598. The normalized spacial score (nSPS) is 23.2. The number of nitrogens with one attached hydrogen (secondary N) is 1. The molecule has 0 saturated carbocycles. The van der Waals surface area contributed by atoms with Crippen LogP contribution in [-0.4, -0.2) is 39.3 Å². The zero-order valence-electron chi connectivity index (χ0n) is 19.7. The minimum atomic E-state index is -4.84. The number of rotatable bonds is 4. The minimum Gasteiger partial charge on any atom is -0.495 e. The maximum absolute atomic E-state index is 14.9. The van der Waals surface area contributed by atoms with Gasteiger partial charge in [-0.3, -0.25) is 4.98 Å². The number of fused-ring (bicyclic) bond motifs is 2. The third-order valence-corrected chi connectivity index (χ3v) is 6.82. The largest absolute Gasteiger partial charge is 0.495 e. The van der Waals surface area contributed by atoms with Crippen molar-refractivity contribution < 1.29 is 31.5 Å². The molecular formula is C24H23F4N5O3. The number of hydrogen-bond acceptors (Lipinski definition) is 6. The number of carbonyl (C=O) groups excluding carboxylic acids is 1. The number of urea groups is 1. The molecule has 2 aliphatic heterocycles. The summed E-state index contributed by atoms with van der Waals surface area (Å²) >= 11 is 0. The Labute approximate surface area is 203 Å². The van der Waals surface area contributed by atoms with Crippen LogP contribution in [0.15, 0.2) is 35.0 Å². The maximum atomic E-state index is 14.9. The molecule has 0 unspecified atom stereocenters. The van der Waals surface area contributed by atoms with Crippen molar-refractivity contribution in [3.8, 4) is 16.9 Å². The lowest BCUT2D eigenvalue weighted by Crippen LogP contribution is -2.70. The number of amides is 2. The summed E-state index contributed by atoms with van der Waals surface area (Å²) in [6, 6.07) is 1.91. The number of nitrogens with zero attached hydrogens (tertiary/aromatic N) is 4. The molecule has 0 aliphatic carbocycles. The number of ether oxygens (including phenoxy) is 1. The number of benzene rings is 1. The fourth-order valence-electron chi connectivity index (χ4n) is 5.43. The Morgan fingerprint density at radius 1 is 1.22 bits per heavy atom. The van der Waals surface area contributed by atoms with Crippen molar-refractivity contribution in [1.82, 2.24) is 20.1 Å². The second kappa shape index (κ2) is 8.45. The van der Waals surface area contributed by atoms with Gasteiger partial charge in [0.1, 0.15) is 17.1 Å². The van der Waals surface area contributed by atoms with Gasteiger partial charge in [0.15, 0.2) is 0 Å². The Bertz CT molecular complexity index is 1330. The number of piperidine rings is 1. The van der Waals surface area contributed by atoms with E-state index in [4.69, 9.17) is 9.15 Å². The number of aromatic nitrogens is 3. The highest BCUT2D eigenvalue weighted by atomic mass is 19.4. The first kappa shape index (κ1) is 24.0. The summed E-state index contributed by atoms with van der Waals surface area (Å²) in [7, 11) is 1.35. The monoisotopic (exact) mass is 505 g/mol. The van der Waals surface area contributed by atoms with Gasteiger partial charge < -0.3 is 19.4 Å². The Kier molecular flexibility index (Phi) is 5.64. The van der Waals surface area contributed by atoms with Crippen LogP contribution in [0.5, 0.6) is 5.75 Å². The van der Waals surface area contributed by atoms with E-state index in [1.54, 1.807) is 11.8 Å². The third-order valence-electron chi connectivity index (χ3n) is 6.82. The first-order valence-electron chi connectivity index (χ1n) is 11.3. The number of alkyl halides is 3. The number of anilines is 1. The lowest BCUT2D eigenvalue weighted by Gasteiger charge is -2.61. The van der Waals surface area contributed by atoms with Crippen LogP contribution < -0.4 is 10.1 Å². The summed E-state index contributed by atoms with van der Waals surface area (Å²) < 4.78 is 67.0. The van der Waals surface area contributed by atoms with E-state index in [1.807, 2.05) is 0 Å². The summed E-state index contributed by atoms with van der Waals surface area (Å²) in [6.45, 7) is 3.70. The summed E-state index contributed by atoms with van der Waals surface area (Å²) in [6.07, 6.45) is -0.363. The molecule has 190 valence electrons. The van der Waals surface area contributed by atoms with Crippen molar-refractivity contribution in [1.29, 1.82) is 0 Å². The number of methoxy groups -OCH3 is 1. The lowest BCUT2D eigenvalue weighted by atomic mass is 9.64. The van der Waals surface area contributed by atoms with Gasteiger partial charge in [-0.15, -0.1) is 10.2 Å². The Hall–Kier alpha value is -3.70. The van der Waals surface area contributed by atoms with E-state index in [9.17, 15) is 22.4 Å². The SMILES string of the molecule is COc1cncc(-c2cc(NC(=O)N3[C@H]4C[C@H](C)C[C@]3(c3nnc(C)o3)C4)c(F)cc2C(F)(F)F)c1. The number of aryl methyl sites for hydroxylation is 1. The number of halogens is 4. The van der Waals surface area contributed by atoms with Gasteiger partial charge in [-0.1, -0.05) is 6.92 Å². The second-order valence-corrected chi connectivity index (χ2v) is 9.35. The number of pyridine rings is 1. The molecule has 1 N–H and O–H groups in total. The molecule has 2 fully saturated rings. The van der Waals surface area contributed by atoms with Gasteiger partial charge in [-0.05, 0) is 42.5 Å². The Morgan fingerprint density at radius 2 is 2.00 bits per heavy atom. The van der Waals surface area contributed by atoms with Crippen LogP contribution in [0.1, 0.15) is 43.5 Å². The molecule has 36 heavy (non-hydrogen) atoms. The van der Waals surface area contributed by atoms with E-state index in [0.717, 1.165) is 12.5 Å². The van der Waals surface area contributed by atoms with E-state index in [0.29, 0.717) is 30.7 Å². The van der Waals surface area contributed by atoms with E-state index < -0.39 is 29.1 Å². The van der Waals surface area contributed by atoms with Crippen molar-refractivity contribution in [2.45, 2.75) is 50.9 Å². The van der Waals surface area contributed by atoms with Crippen molar-refractivity contribution >= 4 is 11.7 Å². The van der Waals surface area contributed by atoms with Crippen molar-refractivity contribution in [2.75, 3.05) is 12.4 Å². The molecule has 0 radical (unpaired) electrons. The zero-order valence-corrected chi connectivity index (χ0v) is 19.7. The molecule has 2 amide bonds. The summed E-state index contributed by atoms with van der Waals surface area (Å²) in [4.78, 5) is 18.8. The van der Waals surface area contributed by atoms with Gasteiger partial charge in [0, 0.05) is 31.1 Å². The van der Waals surface area contributed by atoms with Crippen LogP contribution in [0, 0.1) is 18.7 Å². The van der Waals surface area contributed by atoms with E-state index in [-0.39, 0.29) is 34.5 Å². The molecular weight excluding hydrogens is 482 g/mol. The molecule has 12 heteroatoms. The van der Waals surface area contributed by atoms with E-state index in [1.165, 1.54) is 25.6 Å². The van der Waals surface area contributed by atoms with Gasteiger partial charge in [-0.2, -0.15) is 13.2 Å². The van der Waals surface area contributed by atoms with E-state index >= 15 is 0 Å². The molecule has 2 aromatic heterocycles. The number of hydrogen-bond donors (Lipinski definition) is 1. The van der Waals surface area contributed by atoms with Crippen LogP contribution in [0.2, 0.25) is 0 Å². The van der Waals surface area contributed by atoms with Crippen molar-refractivity contribution in [3.05, 3.63) is 53.8 Å². The van der Waals surface area contributed by atoms with Crippen LogP contribution in [0.4, 0.5) is 28.0 Å². The Balaban J connectivity index is 1.51. The highest BCUT2D eigenvalue weighted by molar-refractivity contribution is 5.92. The predicted octanol–water partition coefficient (Wildman–Crippen LogP) is 5.54. The van der Waals surface area contributed by atoms with Crippen molar-refractivity contribution in [3.63, 3.8) is 0 Å². The lowest BCUT2D eigenvalue weighted by molar-refractivity contribution is -0.137. The van der Waals surface area contributed by atoms with Crippen LogP contribution in [-0.2, 0) is 11.7 Å². The van der Waals surface area contributed by atoms with Gasteiger partial charge >= 0.3 is 12.2 Å². The van der Waals surface area contributed by atoms with E-state index in [2.05, 4.69) is 27.4 Å². The molecule has 2 saturated heterocycles. The molecule has 8 nitrogen and oxygen atoms in total. The quantitative estimate of drug-likeness (QED) is 0.468. The average Bonchev–Trinajstić information content (AvgIpc) is 3.25. The zero-order chi connectivity index (χ0) is 25.8. The first-order valence-corrected chi connectivity index (χ1v) is 11.3. The van der Waals surface area contributed by atoms with Crippen molar-refractivity contribution in [2.24, 2.45) is 5.92 Å². The maximum Gasteiger partial charge on any atom is 0.417 e. The molecule has 2 bridgehead atoms. The van der Waals surface area contributed by atoms with Gasteiger partial charge in [0.25, 0.3) is 0 Å². The molecule has 4 heterocycles. The molecule has 3 aromatic rings. The highest BCUT2D eigenvalue weighted by Gasteiger charge is 2.62. The van der Waals surface area contributed by atoms with Gasteiger partial charge in [-0.25, -0.2) is 9.18 Å². The van der Waals surface area contributed by atoms with Crippen LogP contribution >= 0.6 is 0 Å². The highest BCUT2D eigenvalue weighted by Crippen LogP contribution is 2.55. The molecule has 3 atom stereocenters. The first-order chi connectivity index (χ1) is 17.0. The Morgan fingerprint density at radius 3 is 2.67 bits per heavy atom. The predicted molar refractivity (Wildman–Crippen MR) is 120 cm³/mol. The molecule has 2 aliphatic rings. The third kappa shape index (κ3) is 3.94. The molecule has 5 rings (SSSR count). The summed E-state index contributed by atoms with van der Waals surface area (Å²) in [5.41, 5.74) is -2.70. The van der Waals surface area contributed by atoms with Gasteiger partial charge in [0.2, 0.25) is 11.8 Å². The van der Waals surface area contributed by atoms with Crippen LogP contribution in [0.3, 0.4) is 0 Å². The summed E-state index contributed by atoms with van der Waals surface area (Å²) in [5.74, 6) is -0.0393. The topological polar surface area (TPSA) is 93.4 Å². The number of carbonyl (C=O) groups is 1. The molecule has 0 spiro atoms. The summed E-state index contributed by atoms with van der Waals surface area (Å²) in [5, 5.41) is 10.5. The second-order valence-electron chi connectivity index (χ2n) is 9.35. The molecule has 1 aromatic carbocycles. The standard InChI is InChI=1S/C24H23F4N5O3/c1-12-4-15-9-23(8-12,21-32-31-13(2)36-21)33(15)22(34)30-20-6-17(14-5-16(35-3)11-29-10-14)18(7-19(20)25)24(26,27)28/h5-7,10-12,15H,4,8-9H2,1-3H3,(H,30,34)/t12-,15-,23+/m0/s1. The van der Waals surface area contributed by atoms with Crippen LogP contribution in [0.25, 0.3) is 11.1 Å². The average molecular weight is 505 g/mol. The van der Waals surface area contributed by atoms with Gasteiger partial charge in [0.05, 0.1) is 24.6 Å². The fourth-order valence-corrected chi connectivity index (χ4v) is 5.43. The smallest absolute Gasteiger partial charge is 0.417 e. The fraction of sp³-hybridized carbons (Fsp3) is 0.417.